The summed E-state index contributed by atoms with van der Waals surface area (Å²) < 4.78 is 21.0. The van der Waals surface area contributed by atoms with Crippen LogP contribution in [0.25, 0.3) is 0 Å². The van der Waals surface area contributed by atoms with Crippen LogP contribution in [0.1, 0.15) is 206 Å². The normalized spacial score (nSPS) is 13.3. The topological polar surface area (TPSA) is 207 Å². The van der Waals surface area contributed by atoms with Gasteiger partial charge in [-0.15, -0.1) is 0 Å². The number of nitrogens with one attached hydrogen (secondary N) is 2. The Morgan fingerprint density at radius 2 is 0.912 bits per heavy atom. The standard InChI is InChI=1S/C53H95N3O12/c1-6-8-22-32-46(67-52(63)38-28-36-50(61)65-5)44(57)30-24-18-14-10-12-16-20-26-34-48(59)54-40-41-55-49(60)35-27-21-17-13-11-15-19-25-31-45(58)47(33-23-9-7-2)68-53(64)39-29-37-51(62)66-43-42-56(3)4/h18-19,24-25,44-47,57-58H,6-17,20-23,26-43H2,1-5H3,(H,54,59)(H,55,60). The molecule has 0 aromatic rings. The van der Waals surface area contributed by atoms with Gasteiger partial charge in [-0.3, -0.25) is 28.8 Å². The van der Waals surface area contributed by atoms with Crippen molar-refractivity contribution in [2.24, 2.45) is 0 Å². The number of hydrogen-bond donors (Lipinski definition) is 4. The van der Waals surface area contributed by atoms with E-state index in [0.717, 1.165) is 116 Å². The van der Waals surface area contributed by atoms with Crippen LogP contribution in [0.15, 0.2) is 24.3 Å². The molecule has 0 spiro atoms. The van der Waals surface area contributed by atoms with Gasteiger partial charge < -0.3 is 44.7 Å². The molecule has 0 radical (unpaired) electrons. The Morgan fingerprint density at radius 1 is 0.500 bits per heavy atom. The number of hydrogen-bond acceptors (Lipinski definition) is 13. The number of aliphatic hydroxyl groups is 2. The molecule has 15 heteroatoms. The third kappa shape index (κ3) is 41.2. The zero-order valence-electron chi connectivity index (χ0n) is 43.1. The number of amides is 2. The fourth-order valence-corrected chi connectivity index (χ4v) is 7.32. The van der Waals surface area contributed by atoms with Gasteiger partial charge in [0.25, 0.3) is 0 Å². The predicted octanol–water partition coefficient (Wildman–Crippen LogP) is 8.90. The molecule has 68 heavy (non-hydrogen) atoms. The molecule has 0 aromatic heterocycles. The number of carbonyl (C=O) groups excluding carboxylic acids is 6. The van der Waals surface area contributed by atoms with Crippen molar-refractivity contribution >= 4 is 35.7 Å². The lowest BCUT2D eigenvalue weighted by Crippen LogP contribution is -2.34. The Kier molecular flexibility index (Phi) is 43.1. The number of rotatable bonds is 46. The minimum Gasteiger partial charge on any atom is -0.469 e. The average molecular weight is 966 g/mol. The SMILES string of the molecule is CCCCCC(OC(=O)CCCC(=O)OC)C(O)CC=CCCCCCCCC(=O)NCCNC(=O)CCCCCCCC=CCC(O)C(CCCCC)OC(=O)CCCC(=O)OCCN(C)C. The van der Waals surface area contributed by atoms with Crippen molar-refractivity contribution in [2.45, 2.75) is 231 Å². The van der Waals surface area contributed by atoms with Crippen LogP contribution < -0.4 is 10.6 Å². The second kappa shape index (κ2) is 45.6. The summed E-state index contributed by atoms with van der Waals surface area (Å²) in [6.45, 7) is 5.99. The molecule has 0 heterocycles. The maximum absolute atomic E-state index is 12.5. The maximum atomic E-state index is 12.5. The first-order valence-electron chi connectivity index (χ1n) is 26.3. The monoisotopic (exact) mass is 966 g/mol. The molecular weight excluding hydrogens is 871 g/mol. The van der Waals surface area contributed by atoms with Gasteiger partial charge in [0.05, 0.1) is 19.3 Å². The Hall–Kier alpha value is -3.82. The van der Waals surface area contributed by atoms with E-state index in [0.29, 0.717) is 77.6 Å². The molecule has 0 aliphatic heterocycles. The van der Waals surface area contributed by atoms with Gasteiger partial charge >= 0.3 is 23.9 Å². The zero-order valence-corrected chi connectivity index (χ0v) is 43.1. The van der Waals surface area contributed by atoms with Crippen molar-refractivity contribution in [3.63, 3.8) is 0 Å². The molecule has 4 N–H and O–H groups in total. The third-order valence-electron chi connectivity index (χ3n) is 11.6. The van der Waals surface area contributed by atoms with E-state index in [1.807, 2.05) is 31.1 Å². The summed E-state index contributed by atoms with van der Waals surface area (Å²) in [4.78, 5) is 74.4. The highest BCUT2D eigenvalue weighted by molar-refractivity contribution is 5.77. The van der Waals surface area contributed by atoms with Gasteiger partial charge in [-0.25, -0.2) is 0 Å². The number of ether oxygens (including phenoxy) is 4. The van der Waals surface area contributed by atoms with Crippen LogP contribution >= 0.6 is 0 Å². The number of likely N-dealkylation sites (N-methyl/N-ethyl adjacent to an activating group) is 1. The van der Waals surface area contributed by atoms with Gasteiger partial charge in [0.1, 0.15) is 18.8 Å². The highest BCUT2D eigenvalue weighted by atomic mass is 16.6. The van der Waals surface area contributed by atoms with Crippen LogP contribution in [0.3, 0.4) is 0 Å². The molecule has 0 fully saturated rings. The molecule has 4 atom stereocenters. The minimum absolute atomic E-state index is 0.000937. The van der Waals surface area contributed by atoms with Crippen molar-refractivity contribution in [1.29, 1.82) is 0 Å². The van der Waals surface area contributed by atoms with Crippen molar-refractivity contribution in [3.8, 4) is 0 Å². The lowest BCUT2D eigenvalue weighted by molar-refractivity contribution is -0.157. The molecule has 0 rings (SSSR count). The van der Waals surface area contributed by atoms with E-state index in [1.165, 1.54) is 7.11 Å². The van der Waals surface area contributed by atoms with E-state index in [-0.39, 0.29) is 49.4 Å². The molecular formula is C53H95N3O12. The third-order valence-corrected chi connectivity index (χ3v) is 11.6. The number of methoxy groups -OCH3 is 1. The Labute approximate surface area is 410 Å². The van der Waals surface area contributed by atoms with Gasteiger partial charge in [-0.1, -0.05) is 102 Å². The fourth-order valence-electron chi connectivity index (χ4n) is 7.32. The second-order valence-corrected chi connectivity index (χ2v) is 18.2. The fraction of sp³-hybridized carbons (Fsp3) is 0.811. The zero-order chi connectivity index (χ0) is 50.5. The lowest BCUT2D eigenvalue weighted by atomic mass is 10.0. The first-order valence-corrected chi connectivity index (χ1v) is 26.3. The average Bonchev–Trinajstić information content (AvgIpc) is 3.30. The Morgan fingerprint density at radius 3 is 1.34 bits per heavy atom. The van der Waals surface area contributed by atoms with E-state index < -0.39 is 36.4 Å². The first kappa shape index (κ1) is 64.2. The summed E-state index contributed by atoms with van der Waals surface area (Å²) in [5.74, 6) is -1.49. The molecule has 0 bridgehead atoms. The lowest BCUT2D eigenvalue weighted by Gasteiger charge is -2.22. The van der Waals surface area contributed by atoms with Gasteiger partial charge in [0.15, 0.2) is 0 Å². The molecule has 0 aliphatic carbocycles. The summed E-state index contributed by atoms with van der Waals surface area (Å²) in [6.07, 6.45) is 26.9. The van der Waals surface area contributed by atoms with Crippen molar-refractivity contribution in [1.82, 2.24) is 15.5 Å². The van der Waals surface area contributed by atoms with Gasteiger partial charge in [-0.05, 0) is 104 Å². The molecule has 2 amide bonds. The van der Waals surface area contributed by atoms with E-state index in [4.69, 9.17) is 14.2 Å². The minimum atomic E-state index is -0.782. The molecule has 0 aromatic carbocycles. The molecule has 0 aliphatic rings. The van der Waals surface area contributed by atoms with Crippen LogP contribution in [-0.4, -0.2) is 123 Å². The second-order valence-electron chi connectivity index (χ2n) is 18.2. The smallest absolute Gasteiger partial charge is 0.306 e. The summed E-state index contributed by atoms with van der Waals surface area (Å²) in [6, 6.07) is 0. The van der Waals surface area contributed by atoms with E-state index in [9.17, 15) is 39.0 Å². The number of esters is 4. The molecule has 15 nitrogen and oxygen atoms in total. The van der Waals surface area contributed by atoms with Crippen LogP contribution in [0.5, 0.6) is 0 Å². The Bertz CT molecular complexity index is 1370. The van der Waals surface area contributed by atoms with Crippen molar-refractivity contribution < 1.29 is 57.9 Å². The van der Waals surface area contributed by atoms with E-state index in [1.54, 1.807) is 0 Å². The molecule has 0 saturated heterocycles. The molecule has 0 saturated carbocycles. The predicted molar refractivity (Wildman–Crippen MR) is 267 cm³/mol. The van der Waals surface area contributed by atoms with Gasteiger partial charge in [0, 0.05) is 58.2 Å². The van der Waals surface area contributed by atoms with Crippen LogP contribution in [-0.2, 0) is 47.7 Å². The molecule has 394 valence electrons. The van der Waals surface area contributed by atoms with Gasteiger partial charge in [-0.2, -0.15) is 0 Å². The highest BCUT2D eigenvalue weighted by Gasteiger charge is 2.24. The highest BCUT2D eigenvalue weighted by Crippen LogP contribution is 2.18. The number of carbonyl (C=O) groups is 6. The quantitative estimate of drug-likeness (QED) is 0.0195. The summed E-state index contributed by atoms with van der Waals surface area (Å²) >= 11 is 0. The summed E-state index contributed by atoms with van der Waals surface area (Å²) in [5, 5.41) is 27.3. The number of unbranched alkanes of at least 4 members (excludes halogenated alkanes) is 14. The summed E-state index contributed by atoms with van der Waals surface area (Å²) in [7, 11) is 5.12. The van der Waals surface area contributed by atoms with Crippen LogP contribution in [0.2, 0.25) is 0 Å². The Balaban J connectivity index is 4.02. The molecule has 4 unspecified atom stereocenters. The van der Waals surface area contributed by atoms with E-state index >= 15 is 0 Å². The largest absolute Gasteiger partial charge is 0.469 e. The van der Waals surface area contributed by atoms with Crippen LogP contribution in [0.4, 0.5) is 0 Å². The van der Waals surface area contributed by atoms with Crippen LogP contribution in [0, 0.1) is 0 Å². The van der Waals surface area contributed by atoms with Gasteiger partial charge in [0.2, 0.25) is 11.8 Å². The van der Waals surface area contributed by atoms with E-state index in [2.05, 4.69) is 41.4 Å². The number of aliphatic hydroxyl groups excluding tert-OH is 2. The number of allylic oxidation sites excluding steroid dienone is 2. The van der Waals surface area contributed by atoms with Crippen molar-refractivity contribution in [2.75, 3.05) is 47.4 Å². The summed E-state index contributed by atoms with van der Waals surface area (Å²) in [5.41, 5.74) is 0. The van der Waals surface area contributed by atoms with Crippen molar-refractivity contribution in [3.05, 3.63) is 24.3 Å². The number of nitrogens with zero attached hydrogens (tertiary/aromatic N) is 1. The first-order chi connectivity index (χ1) is 32.8. The maximum Gasteiger partial charge on any atom is 0.306 e.